The topological polar surface area (TPSA) is 29.5 Å². The summed E-state index contributed by atoms with van der Waals surface area (Å²) in [6, 6.07) is 4.37. The third-order valence-corrected chi connectivity index (χ3v) is 3.79. The summed E-state index contributed by atoms with van der Waals surface area (Å²) in [5.41, 5.74) is 3.52. The van der Waals surface area contributed by atoms with Crippen LogP contribution in [0.2, 0.25) is 0 Å². The van der Waals surface area contributed by atoms with E-state index in [0.29, 0.717) is 13.0 Å². The molecule has 1 aliphatic rings. The highest BCUT2D eigenvalue weighted by atomic mass is 16.5. The first kappa shape index (κ1) is 14.4. The first-order valence-electron chi connectivity index (χ1n) is 7.10. The summed E-state index contributed by atoms with van der Waals surface area (Å²) in [5.74, 6) is 0.902. The molecule has 1 aromatic carbocycles. The molecule has 2 rings (SSSR count). The number of aliphatic hydroxyl groups excluding tert-OH is 1. The van der Waals surface area contributed by atoms with Crippen LogP contribution in [0, 0.1) is 0 Å². The van der Waals surface area contributed by atoms with Crippen LogP contribution < -0.4 is 4.74 Å². The van der Waals surface area contributed by atoms with E-state index in [-0.39, 0.29) is 10.8 Å². The SMILES string of the molecule is CC(C)(C)c1cc2c(c(C(C)(C)C)c1)OCC[C@H]2O. The third kappa shape index (κ3) is 2.79. The zero-order valence-corrected chi connectivity index (χ0v) is 13.0. The predicted molar refractivity (Wildman–Crippen MR) is 78.9 cm³/mol. The van der Waals surface area contributed by atoms with Gasteiger partial charge in [0.05, 0.1) is 12.7 Å². The fourth-order valence-electron chi connectivity index (χ4n) is 2.48. The smallest absolute Gasteiger partial charge is 0.128 e. The van der Waals surface area contributed by atoms with Crippen LogP contribution in [-0.2, 0) is 10.8 Å². The van der Waals surface area contributed by atoms with E-state index in [1.165, 1.54) is 11.1 Å². The second kappa shape index (κ2) is 4.52. The van der Waals surface area contributed by atoms with Gasteiger partial charge in [0.1, 0.15) is 5.75 Å². The molecule has 0 unspecified atom stereocenters. The summed E-state index contributed by atoms with van der Waals surface area (Å²) in [4.78, 5) is 0. The molecule has 0 saturated carbocycles. The van der Waals surface area contributed by atoms with E-state index in [9.17, 15) is 5.11 Å². The molecule has 19 heavy (non-hydrogen) atoms. The third-order valence-electron chi connectivity index (χ3n) is 3.79. The van der Waals surface area contributed by atoms with Gasteiger partial charge >= 0.3 is 0 Å². The second-order valence-corrected chi connectivity index (χ2v) is 7.60. The molecule has 0 radical (unpaired) electrons. The maximum atomic E-state index is 10.3. The molecule has 106 valence electrons. The molecular formula is C17H26O2. The lowest BCUT2D eigenvalue weighted by molar-refractivity contribution is 0.113. The number of fused-ring (bicyclic) bond motifs is 1. The number of benzene rings is 1. The van der Waals surface area contributed by atoms with E-state index in [4.69, 9.17) is 4.74 Å². The van der Waals surface area contributed by atoms with Crippen LogP contribution in [0.1, 0.15) is 70.8 Å². The van der Waals surface area contributed by atoms with Gasteiger partial charge in [-0.05, 0) is 22.5 Å². The largest absolute Gasteiger partial charge is 0.493 e. The van der Waals surface area contributed by atoms with Crippen molar-refractivity contribution in [3.05, 3.63) is 28.8 Å². The lowest BCUT2D eigenvalue weighted by atomic mass is 9.77. The Labute approximate surface area is 116 Å². The lowest BCUT2D eigenvalue weighted by Gasteiger charge is -2.32. The van der Waals surface area contributed by atoms with Gasteiger partial charge in [-0.1, -0.05) is 47.6 Å². The monoisotopic (exact) mass is 262 g/mol. The van der Waals surface area contributed by atoms with Gasteiger partial charge in [-0.2, -0.15) is 0 Å². The first-order valence-corrected chi connectivity index (χ1v) is 7.10. The number of hydrogen-bond donors (Lipinski definition) is 1. The summed E-state index contributed by atoms with van der Waals surface area (Å²) in [6.45, 7) is 13.8. The highest BCUT2D eigenvalue weighted by molar-refractivity contribution is 5.51. The van der Waals surface area contributed by atoms with Gasteiger partial charge in [-0.25, -0.2) is 0 Å². The van der Waals surface area contributed by atoms with Crippen LogP contribution in [0.15, 0.2) is 12.1 Å². The molecule has 0 bridgehead atoms. The Hall–Kier alpha value is -1.02. The maximum Gasteiger partial charge on any atom is 0.128 e. The molecule has 0 spiro atoms. The van der Waals surface area contributed by atoms with Crippen molar-refractivity contribution < 1.29 is 9.84 Å². The van der Waals surface area contributed by atoms with Crippen molar-refractivity contribution in [1.29, 1.82) is 0 Å². The van der Waals surface area contributed by atoms with E-state index in [2.05, 4.69) is 53.7 Å². The van der Waals surface area contributed by atoms with E-state index in [0.717, 1.165) is 11.3 Å². The van der Waals surface area contributed by atoms with Crippen LogP contribution in [0.5, 0.6) is 5.75 Å². The predicted octanol–water partition coefficient (Wildman–Crippen LogP) is 4.10. The molecule has 1 N–H and O–H groups in total. The molecule has 1 heterocycles. The van der Waals surface area contributed by atoms with Crippen LogP contribution in [0.4, 0.5) is 0 Å². The minimum atomic E-state index is -0.396. The van der Waals surface area contributed by atoms with E-state index in [1.54, 1.807) is 0 Å². The van der Waals surface area contributed by atoms with Crippen molar-refractivity contribution in [1.82, 2.24) is 0 Å². The molecule has 0 saturated heterocycles. The Balaban J connectivity index is 2.68. The van der Waals surface area contributed by atoms with Crippen molar-refractivity contribution in [3.8, 4) is 5.75 Å². The fraction of sp³-hybridized carbons (Fsp3) is 0.647. The standard InChI is InChI=1S/C17H26O2/c1-16(2,3)11-9-12-14(18)7-8-19-15(12)13(10-11)17(4,5)6/h9-10,14,18H,7-8H2,1-6H3/t14-/m1/s1. The average Bonchev–Trinajstić information content (AvgIpc) is 2.25. The van der Waals surface area contributed by atoms with E-state index in [1.807, 2.05) is 0 Å². The van der Waals surface area contributed by atoms with Gasteiger partial charge in [0.25, 0.3) is 0 Å². The number of aliphatic hydroxyl groups is 1. The lowest BCUT2D eigenvalue weighted by Crippen LogP contribution is -2.23. The zero-order chi connectivity index (χ0) is 14.4. The molecule has 1 aromatic rings. The molecule has 2 nitrogen and oxygen atoms in total. The van der Waals surface area contributed by atoms with Crippen LogP contribution in [0.3, 0.4) is 0 Å². The Morgan fingerprint density at radius 3 is 2.21 bits per heavy atom. The molecule has 0 fully saturated rings. The Kier molecular flexibility index (Phi) is 3.42. The van der Waals surface area contributed by atoms with Crippen molar-refractivity contribution in [2.45, 2.75) is 64.9 Å². The maximum absolute atomic E-state index is 10.3. The zero-order valence-electron chi connectivity index (χ0n) is 13.0. The molecule has 1 aliphatic heterocycles. The van der Waals surface area contributed by atoms with Gasteiger partial charge < -0.3 is 9.84 Å². The van der Waals surface area contributed by atoms with Crippen LogP contribution in [0.25, 0.3) is 0 Å². The van der Waals surface area contributed by atoms with Crippen LogP contribution >= 0.6 is 0 Å². The summed E-state index contributed by atoms with van der Waals surface area (Å²) in [5, 5.41) is 10.3. The van der Waals surface area contributed by atoms with Crippen molar-refractivity contribution >= 4 is 0 Å². The number of hydrogen-bond acceptors (Lipinski definition) is 2. The number of ether oxygens (including phenoxy) is 1. The first-order chi connectivity index (χ1) is 8.60. The molecular weight excluding hydrogens is 236 g/mol. The Bertz CT molecular complexity index is 475. The van der Waals surface area contributed by atoms with Gasteiger partial charge in [0, 0.05) is 17.5 Å². The Morgan fingerprint density at radius 2 is 1.68 bits per heavy atom. The molecule has 0 aliphatic carbocycles. The van der Waals surface area contributed by atoms with Crippen molar-refractivity contribution in [2.75, 3.05) is 6.61 Å². The van der Waals surface area contributed by atoms with Crippen LogP contribution in [-0.4, -0.2) is 11.7 Å². The van der Waals surface area contributed by atoms with Gasteiger partial charge in [-0.3, -0.25) is 0 Å². The molecule has 1 atom stereocenters. The summed E-state index contributed by atoms with van der Waals surface area (Å²) >= 11 is 0. The molecule has 0 aromatic heterocycles. The quantitative estimate of drug-likeness (QED) is 0.763. The average molecular weight is 262 g/mol. The molecule has 0 amide bonds. The van der Waals surface area contributed by atoms with Crippen molar-refractivity contribution in [2.24, 2.45) is 0 Å². The van der Waals surface area contributed by atoms with Gasteiger partial charge in [0.15, 0.2) is 0 Å². The van der Waals surface area contributed by atoms with Gasteiger partial charge in [-0.15, -0.1) is 0 Å². The number of rotatable bonds is 0. The van der Waals surface area contributed by atoms with E-state index < -0.39 is 6.10 Å². The summed E-state index contributed by atoms with van der Waals surface area (Å²) < 4.78 is 5.86. The second-order valence-electron chi connectivity index (χ2n) is 7.60. The normalized spacial score (nSPS) is 19.8. The summed E-state index contributed by atoms with van der Waals surface area (Å²) in [6.07, 6.45) is 0.289. The minimum Gasteiger partial charge on any atom is -0.493 e. The highest BCUT2D eigenvalue weighted by Gasteiger charge is 2.30. The van der Waals surface area contributed by atoms with E-state index >= 15 is 0 Å². The Morgan fingerprint density at radius 1 is 1.05 bits per heavy atom. The highest BCUT2D eigenvalue weighted by Crippen LogP contribution is 2.43. The minimum absolute atomic E-state index is 0.0163. The molecule has 2 heteroatoms. The van der Waals surface area contributed by atoms with Gasteiger partial charge in [0.2, 0.25) is 0 Å². The van der Waals surface area contributed by atoms with Crippen molar-refractivity contribution in [3.63, 3.8) is 0 Å². The summed E-state index contributed by atoms with van der Waals surface area (Å²) in [7, 11) is 0. The fourth-order valence-corrected chi connectivity index (χ4v) is 2.48.